The van der Waals surface area contributed by atoms with Crippen LogP contribution in [0, 0.1) is 0 Å². The van der Waals surface area contributed by atoms with E-state index in [9.17, 15) is 52.5 Å². The summed E-state index contributed by atoms with van der Waals surface area (Å²) in [6, 6.07) is 0. The quantitative estimate of drug-likeness (QED) is 0.499. The highest BCUT2D eigenvalue weighted by Crippen LogP contribution is 2.70. The first-order valence-electron chi connectivity index (χ1n) is 3.39. The molecule has 0 aromatic rings. The minimum Gasteiger partial charge on any atom is -0.448 e. The smallest absolute Gasteiger partial charge is 0.448 e. The van der Waals surface area contributed by atoms with Gasteiger partial charge in [-0.3, -0.25) is 0 Å². The van der Waals surface area contributed by atoms with Gasteiger partial charge in [0.25, 0.3) is 0 Å². The van der Waals surface area contributed by atoms with Crippen molar-refractivity contribution in [2.24, 2.45) is 0 Å². The maximum atomic E-state index is 11.8. The third-order valence-corrected chi connectivity index (χ3v) is 1.83. The lowest BCUT2D eigenvalue weighted by molar-refractivity contribution is -0.364. The zero-order valence-electron chi connectivity index (χ0n) is 7.11. The molecule has 0 radical (unpaired) electrons. The number of alkyl halides is 9. The van der Waals surface area contributed by atoms with Crippen molar-refractivity contribution in [3.8, 4) is 0 Å². The Labute approximate surface area is 84.6 Å². The van der Waals surface area contributed by atoms with Gasteiger partial charge in [0.2, 0.25) is 5.31 Å². The summed E-state index contributed by atoms with van der Waals surface area (Å²) in [5, 5.41) is -7.69. The summed E-state index contributed by atoms with van der Waals surface area (Å²) >= 11 is 0. The summed E-state index contributed by atoms with van der Waals surface area (Å²) in [7, 11) is 0. The van der Waals surface area contributed by atoms with E-state index < -0.39 is 30.8 Å². The summed E-state index contributed by atoms with van der Waals surface area (Å²) in [6.45, 7) is -8.33. The Bertz CT molecular complexity index is 211. The van der Waals surface area contributed by atoms with Crippen LogP contribution in [0.5, 0.6) is 0 Å². The van der Waals surface area contributed by atoms with Gasteiger partial charge in [0.1, 0.15) is 0 Å². The Morgan fingerprint density at radius 3 is 0.647 bits per heavy atom. The molecule has 0 aliphatic carbocycles. The molecule has 0 spiro atoms. The molecule has 0 fully saturated rings. The number of halogens is 12. The molecule has 0 N–H and O–H groups in total. The van der Waals surface area contributed by atoms with E-state index >= 15 is 0 Å². The SMILES string of the molecule is F[B-](F)(F)C(C(F)(F)F)(C(F)(F)F)C(F)(F)F. The second-order valence-corrected chi connectivity index (χ2v) is 2.88. The molecule has 0 aliphatic heterocycles. The molecule has 0 atom stereocenters. The van der Waals surface area contributed by atoms with Crippen LogP contribution in [0.1, 0.15) is 0 Å². The fourth-order valence-electron chi connectivity index (χ4n) is 1.04. The van der Waals surface area contributed by atoms with Gasteiger partial charge in [-0.05, 0) is 0 Å². The zero-order valence-corrected chi connectivity index (χ0v) is 7.11. The Morgan fingerprint density at radius 2 is 0.647 bits per heavy atom. The molecule has 0 heterocycles. The Morgan fingerprint density at radius 1 is 0.471 bits per heavy atom. The van der Waals surface area contributed by atoms with Crippen LogP contribution in [-0.4, -0.2) is 25.5 Å². The van der Waals surface area contributed by atoms with Crippen LogP contribution in [0.15, 0.2) is 0 Å². The van der Waals surface area contributed by atoms with E-state index in [0.29, 0.717) is 0 Å². The Hall–Kier alpha value is -0.775. The summed E-state index contributed by atoms with van der Waals surface area (Å²) in [5.74, 6) is 0. The topological polar surface area (TPSA) is 0 Å². The largest absolute Gasteiger partial charge is 0.511 e. The van der Waals surface area contributed by atoms with Crippen LogP contribution in [0.3, 0.4) is 0 Å². The number of rotatable bonds is 1. The van der Waals surface area contributed by atoms with Gasteiger partial charge in [0, 0.05) is 0 Å². The first-order valence-corrected chi connectivity index (χ1v) is 3.39. The highest BCUT2D eigenvalue weighted by Gasteiger charge is 2.89. The molecule has 0 amide bonds. The first-order chi connectivity index (χ1) is 7.00. The monoisotopic (exact) mass is 287 g/mol. The molecule has 0 saturated carbocycles. The number of hydrogen-bond acceptors (Lipinski definition) is 0. The van der Waals surface area contributed by atoms with E-state index in [4.69, 9.17) is 0 Å². The van der Waals surface area contributed by atoms with Gasteiger partial charge in [0.15, 0.2) is 0 Å². The average molecular weight is 287 g/mol. The summed E-state index contributed by atoms with van der Waals surface area (Å²) in [5.41, 5.74) is 0. The third kappa shape index (κ3) is 2.15. The summed E-state index contributed by atoms with van der Waals surface area (Å²) in [6.07, 6.45) is -22.7. The predicted molar refractivity (Wildman–Crippen MR) is 29.9 cm³/mol. The van der Waals surface area contributed by atoms with Gasteiger partial charge in [-0.25, -0.2) is 0 Å². The van der Waals surface area contributed by atoms with E-state index in [1.54, 1.807) is 0 Å². The van der Waals surface area contributed by atoms with Crippen LogP contribution in [-0.2, 0) is 0 Å². The van der Waals surface area contributed by atoms with Crippen LogP contribution in [0.2, 0.25) is 5.31 Å². The number of hydrogen-bond donors (Lipinski definition) is 0. The molecule has 0 rings (SSSR count). The molecule has 0 bridgehead atoms. The highest BCUT2D eigenvalue weighted by atomic mass is 19.4. The molecular weight excluding hydrogens is 287 g/mol. The van der Waals surface area contributed by atoms with E-state index in [1.807, 2.05) is 0 Å². The lowest BCUT2D eigenvalue weighted by Gasteiger charge is -2.44. The van der Waals surface area contributed by atoms with Crippen molar-refractivity contribution < 1.29 is 52.5 Å². The molecule has 0 nitrogen and oxygen atoms in total. The van der Waals surface area contributed by atoms with E-state index in [1.165, 1.54) is 0 Å². The molecule has 0 aliphatic rings. The highest BCUT2D eigenvalue weighted by molar-refractivity contribution is 6.63. The Balaban J connectivity index is 6.37. The molecule has 17 heavy (non-hydrogen) atoms. The van der Waals surface area contributed by atoms with E-state index in [2.05, 4.69) is 0 Å². The van der Waals surface area contributed by atoms with Gasteiger partial charge in [0.05, 0.1) is 0 Å². The van der Waals surface area contributed by atoms with Crippen molar-refractivity contribution in [3.05, 3.63) is 0 Å². The van der Waals surface area contributed by atoms with Gasteiger partial charge >= 0.3 is 25.5 Å². The molecule has 13 heteroatoms. The second kappa shape index (κ2) is 3.61. The molecule has 0 aromatic carbocycles. The summed E-state index contributed by atoms with van der Waals surface area (Å²) < 4.78 is 141. The predicted octanol–water partition coefficient (Wildman–Crippen LogP) is 4.26. The third-order valence-electron chi connectivity index (χ3n) is 1.83. The maximum absolute atomic E-state index is 11.8. The second-order valence-electron chi connectivity index (χ2n) is 2.88. The van der Waals surface area contributed by atoms with Gasteiger partial charge in [-0.2, -0.15) is 39.5 Å². The molecule has 0 aromatic heterocycles. The standard InChI is InChI=1S/C4BF12/c6-2(7,8)1(3(9,10)11,4(12,13)14)5(15,16)17/q-1. The van der Waals surface area contributed by atoms with Crippen molar-refractivity contribution in [3.63, 3.8) is 0 Å². The van der Waals surface area contributed by atoms with Gasteiger partial charge in [-0.15, -0.1) is 0 Å². The molecule has 0 unspecified atom stereocenters. The van der Waals surface area contributed by atoms with Gasteiger partial charge < -0.3 is 12.9 Å². The lowest BCUT2D eigenvalue weighted by Crippen LogP contribution is -2.64. The van der Waals surface area contributed by atoms with Crippen molar-refractivity contribution >= 4 is 6.98 Å². The molecular formula is C4BF12-. The fraction of sp³-hybridized carbons (Fsp3) is 1.00. The van der Waals surface area contributed by atoms with Gasteiger partial charge in [-0.1, -0.05) is 0 Å². The van der Waals surface area contributed by atoms with Crippen molar-refractivity contribution in [2.75, 3.05) is 0 Å². The first kappa shape index (κ1) is 16.2. The fourth-order valence-corrected chi connectivity index (χ4v) is 1.04. The van der Waals surface area contributed by atoms with Crippen molar-refractivity contribution in [2.45, 2.75) is 23.8 Å². The maximum Gasteiger partial charge on any atom is 0.511 e. The Kier molecular flexibility index (Phi) is 3.44. The lowest BCUT2D eigenvalue weighted by atomic mass is 9.55. The molecule has 0 saturated heterocycles. The van der Waals surface area contributed by atoms with Crippen LogP contribution in [0.4, 0.5) is 52.5 Å². The molecule has 104 valence electrons. The summed E-state index contributed by atoms with van der Waals surface area (Å²) in [4.78, 5) is 0. The van der Waals surface area contributed by atoms with Crippen LogP contribution in [0.25, 0.3) is 0 Å². The zero-order chi connectivity index (χ0) is 14.5. The van der Waals surface area contributed by atoms with Crippen LogP contribution >= 0.6 is 0 Å². The van der Waals surface area contributed by atoms with E-state index in [-0.39, 0.29) is 0 Å². The van der Waals surface area contributed by atoms with Crippen molar-refractivity contribution in [1.82, 2.24) is 0 Å². The van der Waals surface area contributed by atoms with Crippen LogP contribution < -0.4 is 0 Å². The normalized spacial score (nSPS) is 16.2. The van der Waals surface area contributed by atoms with Crippen molar-refractivity contribution in [1.29, 1.82) is 0 Å². The minimum atomic E-state index is -8.33. The minimum absolute atomic E-state index is 7.58. The van der Waals surface area contributed by atoms with E-state index in [0.717, 1.165) is 0 Å². The average Bonchev–Trinajstić information content (AvgIpc) is 1.67.